The van der Waals surface area contributed by atoms with Crippen molar-refractivity contribution in [1.82, 2.24) is 0 Å². The van der Waals surface area contributed by atoms with Gasteiger partial charge >= 0.3 is 5.97 Å². The van der Waals surface area contributed by atoms with Crippen LogP contribution < -0.4 is 0 Å². The van der Waals surface area contributed by atoms with E-state index in [1.807, 2.05) is 6.07 Å². The van der Waals surface area contributed by atoms with Crippen LogP contribution in [0.3, 0.4) is 0 Å². The second-order valence-electron chi connectivity index (χ2n) is 2.70. The van der Waals surface area contributed by atoms with E-state index in [0.29, 0.717) is 10.9 Å². The minimum atomic E-state index is -0.908. The molecule has 0 heterocycles. The van der Waals surface area contributed by atoms with Gasteiger partial charge in [-0.3, -0.25) is 0 Å². The molecule has 1 N–H and O–H groups in total. The van der Waals surface area contributed by atoms with Crippen LogP contribution in [0.5, 0.6) is 0 Å². The van der Waals surface area contributed by atoms with Gasteiger partial charge in [-0.25, -0.2) is 4.79 Å². The Labute approximate surface area is 107 Å². The SMILES string of the molecule is O=C(O)c1cc(CBr)cc(C(Br)Br)c1. The van der Waals surface area contributed by atoms with Gasteiger partial charge in [0.05, 0.1) is 9.30 Å². The van der Waals surface area contributed by atoms with Crippen LogP contribution >= 0.6 is 47.8 Å². The smallest absolute Gasteiger partial charge is 0.335 e. The maximum absolute atomic E-state index is 10.8. The lowest BCUT2D eigenvalue weighted by atomic mass is 10.1. The molecule has 0 spiro atoms. The summed E-state index contributed by atoms with van der Waals surface area (Å²) in [5, 5.41) is 9.51. The van der Waals surface area contributed by atoms with Gasteiger partial charge in [0, 0.05) is 5.33 Å². The first-order valence-electron chi connectivity index (χ1n) is 3.76. The van der Waals surface area contributed by atoms with E-state index >= 15 is 0 Å². The van der Waals surface area contributed by atoms with Crippen LogP contribution in [0, 0.1) is 0 Å². The minimum absolute atomic E-state index is 0.0212. The summed E-state index contributed by atoms with van der Waals surface area (Å²) in [4.78, 5) is 10.8. The number of aromatic carboxylic acids is 1. The van der Waals surface area contributed by atoms with E-state index in [1.165, 1.54) is 0 Å². The van der Waals surface area contributed by atoms with E-state index in [1.54, 1.807) is 12.1 Å². The van der Waals surface area contributed by atoms with E-state index in [-0.39, 0.29) is 3.74 Å². The summed E-state index contributed by atoms with van der Waals surface area (Å²) in [6.45, 7) is 0. The molecule has 0 bridgehead atoms. The highest BCUT2D eigenvalue weighted by Crippen LogP contribution is 2.30. The third-order valence-electron chi connectivity index (χ3n) is 1.67. The molecule has 0 unspecified atom stereocenters. The molecule has 2 nitrogen and oxygen atoms in total. The van der Waals surface area contributed by atoms with Crippen LogP contribution in [0.1, 0.15) is 25.2 Å². The standard InChI is InChI=1S/C9H7Br3O2/c10-4-5-1-6(8(11)12)3-7(2-5)9(13)14/h1-3,8H,4H2,(H,13,14). The van der Waals surface area contributed by atoms with Crippen LogP contribution in [0.4, 0.5) is 0 Å². The summed E-state index contributed by atoms with van der Waals surface area (Å²) < 4.78 is -0.0212. The number of rotatable bonds is 3. The molecule has 76 valence electrons. The van der Waals surface area contributed by atoms with Gasteiger partial charge in [-0.2, -0.15) is 0 Å². The van der Waals surface area contributed by atoms with Crippen LogP contribution in [0.15, 0.2) is 18.2 Å². The van der Waals surface area contributed by atoms with Crippen LogP contribution in [-0.4, -0.2) is 11.1 Å². The molecule has 0 amide bonds. The summed E-state index contributed by atoms with van der Waals surface area (Å²) in [6, 6.07) is 5.24. The van der Waals surface area contributed by atoms with Crippen molar-refractivity contribution in [2.75, 3.05) is 0 Å². The zero-order chi connectivity index (χ0) is 10.7. The summed E-state index contributed by atoms with van der Waals surface area (Å²) >= 11 is 9.98. The molecule has 0 aromatic heterocycles. The third-order valence-corrected chi connectivity index (χ3v) is 3.37. The van der Waals surface area contributed by atoms with E-state index in [9.17, 15) is 4.79 Å². The molecular weight excluding hydrogens is 380 g/mol. The molecule has 5 heteroatoms. The van der Waals surface area contributed by atoms with Crippen molar-refractivity contribution in [2.24, 2.45) is 0 Å². The van der Waals surface area contributed by atoms with Crippen molar-refractivity contribution in [3.05, 3.63) is 34.9 Å². The Morgan fingerprint density at radius 3 is 2.43 bits per heavy atom. The second kappa shape index (κ2) is 5.28. The summed E-state index contributed by atoms with van der Waals surface area (Å²) in [7, 11) is 0. The first-order chi connectivity index (χ1) is 6.54. The van der Waals surface area contributed by atoms with Crippen LogP contribution in [0.2, 0.25) is 0 Å². The number of halogens is 3. The maximum Gasteiger partial charge on any atom is 0.335 e. The van der Waals surface area contributed by atoms with Gasteiger partial charge in [0.1, 0.15) is 0 Å². The quantitative estimate of drug-likeness (QED) is 0.795. The Kier molecular flexibility index (Phi) is 4.60. The molecule has 1 rings (SSSR count). The average molecular weight is 387 g/mol. The van der Waals surface area contributed by atoms with Crippen molar-refractivity contribution >= 4 is 53.8 Å². The lowest BCUT2D eigenvalue weighted by Gasteiger charge is -2.06. The van der Waals surface area contributed by atoms with Gasteiger partial charge < -0.3 is 5.11 Å². The van der Waals surface area contributed by atoms with E-state index in [0.717, 1.165) is 11.1 Å². The van der Waals surface area contributed by atoms with E-state index in [4.69, 9.17) is 5.11 Å². The van der Waals surface area contributed by atoms with E-state index < -0.39 is 5.97 Å². The number of hydrogen-bond acceptors (Lipinski definition) is 1. The molecule has 0 atom stereocenters. The maximum atomic E-state index is 10.8. The van der Waals surface area contributed by atoms with Crippen molar-refractivity contribution in [3.8, 4) is 0 Å². The number of carbonyl (C=O) groups is 1. The van der Waals surface area contributed by atoms with Crippen LogP contribution in [0.25, 0.3) is 0 Å². The highest BCUT2D eigenvalue weighted by molar-refractivity contribution is 9.24. The number of carboxylic acids is 1. The molecule has 14 heavy (non-hydrogen) atoms. The van der Waals surface area contributed by atoms with Crippen molar-refractivity contribution in [1.29, 1.82) is 0 Å². The molecule has 0 aliphatic rings. The monoisotopic (exact) mass is 384 g/mol. The predicted octanol–water partition coefficient (Wildman–Crippen LogP) is 4.07. The average Bonchev–Trinajstić information content (AvgIpc) is 2.16. The fourth-order valence-corrected chi connectivity index (χ4v) is 1.90. The topological polar surface area (TPSA) is 37.3 Å². The molecule has 0 aliphatic heterocycles. The van der Waals surface area contributed by atoms with Gasteiger partial charge in [-0.15, -0.1) is 0 Å². The fourth-order valence-electron chi connectivity index (χ4n) is 1.04. The number of hydrogen-bond donors (Lipinski definition) is 1. The Morgan fingerprint density at radius 2 is 2.00 bits per heavy atom. The molecule has 0 aliphatic carbocycles. The van der Waals surface area contributed by atoms with Gasteiger partial charge in [0.25, 0.3) is 0 Å². The Morgan fingerprint density at radius 1 is 1.36 bits per heavy atom. The molecule has 0 saturated heterocycles. The molecule has 0 fully saturated rings. The molecular formula is C9H7Br3O2. The van der Waals surface area contributed by atoms with Crippen LogP contribution in [-0.2, 0) is 5.33 Å². The minimum Gasteiger partial charge on any atom is -0.478 e. The van der Waals surface area contributed by atoms with E-state index in [2.05, 4.69) is 47.8 Å². The summed E-state index contributed by atoms with van der Waals surface area (Å²) in [6.07, 6.45) is 0. The first kappa shape index (κ1) is 12.2. The van der Waals surface area contributed by atoms with Gasteiger partial charge in [0.2, 0.25) is 0 Å². The lowest BCUT2D eigenvalue weighted by molar-refractivity contribution is 0.0696. The Hall–Kier alpha value is 0.130. The van der Waals surface area contributed by atoms with Gasteiger partial charge in [-0.05, 0) is 23.3 Å². The number of benzene rings is 1. The second-order valence-corrected chi connectivity index (χ2v) is 6.32. The molecule has 1 aromatic rings. The highest BCUT2D eigenvalue weighted by atomic mass is 79.9. The van der Waals surface area contributed by atoms with Gasteiger partial charge in [0.15, 0.2) is 0 Å². The zero-order valence-electron chi connectivity index (χ0n) is 7.01. The molecule has 0 radical (unpaired) electrons. The predicted molar refractivity (Wildman–Crippen MR) is 66.6 cm³/mol. The molecule has 0 saturated carbocycles. The largest absolute Gasteiger partial charge is 0.478 e. The number of carboxylic acid groups (broad SMARTS) is 1. The third kappa shape index (κ3) is 3.07. The normalized spacial score (nSPS) is 10.6. The zero-order valence-corrected chi connectivity index (χ0v) is 11.8. The van der Waals surface area contributed by atoms with Crippen molar-refractivity contribution < 1.29 is 9.90 Å². The van der Waals surface area contributed by atoms with Gasteiger partial charge in [-0.1, -0.05) is 53.9 Å². The highest BCUT2D eigenvalue weighted by Gasteiger charge is 2.10. The first-order valence-corrected chi connectivity index (χ1v) is 6.71. The lowest BCUT2D eigenvalue weighted by Crippen LogP contribution is -1.99. The fraction of sp³-hybridized carbons (Fsp3) is 0.222. The summed E-state index contributed by atoms with van der Waals surface area (Å²) in [5.41, 5.74) is 2.16. The summed E-state index contributed by atoms with van der Waals surface area (Å²) in [5.74, 6) is -0.908. The Balaban J connectivity index is 3.20. The number of alkyl halides is 3. The van der Waals surface area contributed by atoms with Crippen molar-refractivity contribution in [3.63, 3.8) is 0 Å². The van der Waals surface area contributed by atoms with Crippen molar-refractivity contribution in [2.45, 2.75) is 9.07 Å². The Bertz CT molecular complexity index is 350. The molecule has 1 aromatic carbocycles.